The number of benzene rings is 2. The molecule has 1 heterocycles. The Morgan fingerprint density at radius 3 is 2.30 bits per heavy atom. The average molecular weight is 475 g/mol. The van der Waals surface area contributed by atoms with E-state index in [1.165, 1.54) is 24.3 Å². The SMILES string of the molecule is C[C@@]12CCC(=O)[C@H]3[C@@H](O)N(CCS(=O)(=O)O)C(=O)[C@@]31C(=O)c1cc3c(O)ccc(O)c3cc12. The number of phenols is 2. The summed E-state index contributed by atoms with van der Waals surface area (Å²) in [6.45, 7) is 1.06. The van der Waals surface area contributed by atoms with Crippen LogP contribution in [0, 0.1) is 11.3 Å². The van der Waals surface area contributed by atoms with E-state index in [4.69, 9.17) is 4.55 Å². The van der Waals surface area contributed by atoms with Gasteiger partial charge in [-0.25, -0.2) is 0 Å². The van der Waals surface area contributed by atoms with Gasteiger partial charge in [-0.15, -0.1) is 0 Å². The Hall–Kier alpha value is -3.02. The van der Waals surface area contributed by atoms with E-state index in [2.05, 4.69) is 0 Å². The number of hydrogen-bond acceptors (Lipinski definition) is 8. The predicted octanol–water partition coefficient (Wildman–Crippen LogP) is 0.719. The Labute approximate surface area is 188 Å². The zero-order valence-corrected chi connectivity index (χ0v) is 18.3. The molecule has 1 amide bonds. The molecule has 2 aromatic carbocycles. The molecule has 0 radical (unpaired) electrons. The minimum atomic E-state index is -4.48. The van der Waals surface area contributed by atoms with Crippen LogP contribution in [0.2, 0.25) is 0 Å². The Balaban J connectivity index is 1.76. The summed E-state index contributed by atoms with van der Waals surface area (Å²) in [6, 6.07) is 5.47. The molecule has 2 aromatic rings. The zero-order chi connectivity index (χ0) is 24.1. The number of ketones is 2. The maximum atomic E-state index is 13.9. The van der Waals surface area contributed by atoms with E-state index in [0.29, 0.717) is 5.56 Å². The standard InChI is InChI=1S/C22H21NO9S/c1-21-5-4-16(26)17-19(28)23(6-7-33(30,31)32)20(29)22(17,21)18(27)12-8-10-11(9-13(12)21)15(25)3-2-14(10)24/h2-3,8-9,17,19,24-25,28H,4-7H2,1H3,(H,30,31,32)/t17-,19+,21-,22-/m0/s1. The summed E-state index contributed by atoms with van der Waals surface area (Å²) < 4.78 is 31.7. The number of aromatic hydroxyl groups is 2. The molecule has 33 heavy (non-hydrogen) atoms. The highest BCUT2D eigenvalue weighted by Crippen LogP contribution is 2.65. The van der Waals surface area contributed by atoms with E-state index in [9.17, 15) is 38.1 Å². The van der Waals surface area contributed by atoms with Crippen molar-refractivity contribution < 1.29 is 42.7 Å². The van der Waals surface area contributed by atoms with Crippen LogP contribution < -0.4 is 0 Å². The van der Waals surface area contributed by atoms with Crippen molar-refractivity contribution in [1.82, 2.24) is 4.90 Å². The lowest BCUT2D eigenvalue weighted by atomic mass is 9.52. The number of amides is 1. The molecule has 3 aliphatic rings. The first-order valence-corrected chi connectivity index (χ1v) is 12.0. The molecular weight excluding hydrogens is 454 g/mol. The number of fused-ring (bicyclic) bond motifs is 3. The second-order valence-corrected chi connectivity index (χ2v) is 10.7. The second kappa shape index (κ2) is 6.52. The fourth-order valence-corrected chi connectivity index (χ4v) is 6.52. The van der Waals surface area contributed by atoms with Crippen molar-refractivity contribution in [1.29, 1.82) is 0 Å². The van der Waals surface area contributed by atoms with Crippen LogP contribution >= 0.6 is 0 Å². The molecule has 1 spiro atoms. The molecule has 0 unspecified atom stereocenters. The summed E-state index contributed by atoms with van der Waals surface area (Å²) in [6.07, 6.45) is -1.63. The van der Waals surface area contributed by atoms with Crippen LogP contribution in [0.5, 0.6) is 11.5 Å². The average Bonchev–Trinajstić information content (AvgIpc) is 3.09. The molecule has 5 rings (SSSR count). The Kier molecular flexibility index (Phi) is 4.31. The number of rotatable bonds is 3. The largest absolute Gasteiger partial charge is 0.507 e. The maximum Gasteiger partial charge on any atom is 0.266 e. The first-order chi connectivity index (χ1) is 15.3. The van der Waals surface area contributed by atoms with Crippen molar-refractivity contribution in [2.24, 2.45) is 11.3 Å². The summed E-state index contributed by atoms with van der Waals surface area (Å²) >= 11 is 0. The molecular formula is C22H21NO9S. The molecule has 0 aromatic heterocycles. The van der Waals surface area contributed by atoms with Gasteiger partial charge < -0.3 is 20.2 Å². The molecule has 10 nitrogen and oxygen atoms in total. The number of nitrogens with zero attached hydrogens (tertiary/aromatic N) is 1. The van der Waals surface area contributed by atoms with Gasteiger partial charge in [0.15, 0.2) is 5.78 Å². The van der Waals surface area contributed by atoms with Crippen molar-refractivity contribution in [2.75, 3.05) is 12.3 Å². The van der Waals surface area contributed by atoms with Crippen LogP contribution in [0.3, 0.4) is 0 Å². The van der Waals surface area contributed by atoms with Crippen molar-refractivity contribution >= 4 is 38.4 Å². The van der Waals surface area contributed by atoms with Crippen molar-refractivity contribution in [3.8, 4) is 11.5 Å². The van der Waals surface area contributed by atoms with E-state index in [-0.39, 0.29) is 40.7 Å². The summed E-state index contributed by atoms with van der Waals surface area (Å²) in [5, 5.41) is 32.0. The van der Waals surface area contributed by atoms with Gasteiger partial charge >= 0.3 is 0 Å². The monoisotopic (exact) mass is 475 g/mol. The lowest BCUT2D eigenvalue weighted by molar-refractivity contribution is -0.143. The van der Waals surface area contributed by atoms with E-state index in [1.807, 2.05) is 0 Å². The van der Waals surface area contributed by atoms with Gasteiger partial charge in [0.1, 0.15) is 28.9 Å². The minimum Gasteiger partial charge on any atom is -0.507 e. The highest BCUT2D eigenvalue weighted by molar-refractivity contribution is 7.85. The van der Waals surface area contributed by atoms with E-state index >= 15 is 0 Å². The molecule has 2 aliphatic carbocycles. The van der Waals surface area contributed by atoms with Gasteiger partial charge in [0.2, 0.25) is 5.91 Å². The maximum absolute atomic E-state index is 13.9. The number of aliphatic hydroxyl groups excluding tert-OH is 1. The van der Waals surface area contributed by atoms with Crippen LogP contribution in [0.1, 0.15) is 35.7 Å². The van der Waals surface area contributed by atoms with E-state index in [0.717, 1.165) is 4.90 Å². The van der Waals surface area contributed by atoms with Crippen LogP contribution in [0.25, 0.3) is 10.8 Å². The third-order valence-electron chi connectivity index (χ3n) is 7.67. The van der Waals surface area contributed by atoms with Crippen LogP contribution in [0.15, 0.2) is 24.3 Å². The van der Waals surface area contributed by atoms with Gasteiger partial charge in [0.05, 0.1) is 11.7 Å². The number of Topliss-reactive ketones (excluding diaryl/α,β-unsaturated/α-hetero) is 2. The molecule has 1 saturated carbocycles. The number of likely N-dealkylation sites (tertiary alicyclic amines) is 1. The summed E-state index contributed by atoms with van der Waals surface area (Å²) in [4.78, 5) is 41.4. The quantitative estimate of drug-likeness (QED) is 0.284. The molecule has 11 heteroatoms. The number of aliphatic hydroxyl groups is 1. The number of hydrogen-bond donors (Lipinski definition) is 4. The smallest absolute Gasteiger partial charge is 0.266 e. The van der Waals surface area contributed by atoms with Crippen molar-refractivity contribution in [3.05, 3.63) is 35.4 Å². The predicted molar refractivity (Wildman–Crippen MR) is 113 cm³/mol. The molecule has 174 valence electrons. The van der Waals surface area contributed by atoms with Crippen LogP contribution in [-0.2, 0) is 25.1 Å². The number of carbonyl (C=O) groups is 3. The van der Waals surface area contributed by atoms with Gasteiger partial charge in [-0.1, -0.05) is 6.92 Å². The van der Waals surface area contributed by atoms with Crippen LogP contribution in [0.4, 0.5) is 0 Å². The normalized spacial score (nSPS) is 31.1. The molecule has 2 fully saturated rings. The Morgan fingerprint density at radius 2 is 1.70 bits per heavy atom. The molecule has 4 atom stereocenters. The van der Waals surface area contributed by atoms with E-state index < -0.39 is 62.9 Å². The zero-order valence-electron chi connectivity index (χ0n) is 17.5. The molecule has 1 aliphatic heterocycles. The minimum absolute atomic E-state index is 0.0177. The van der Waals surface area contributed by atoms with Crippen molar-refractivity contribution in [2.45, 2.75) is 31.4 Å². The highest BCUT2D eigenvalue weighted by atomic mass is 32.2. The second-order valence-electron chi connectivity index (χ2n) is 9.16. The summed E-state index contributed by atoms with van der Waals surface area (Å²) in [5.74, 6) is -4.67. The van der Waals surface area contributed by atoms with Gasteiger partial charge in [-0.05, 0) is 36.2 Å². The fraction of sp³-hybridized carbons (Fsp3) is 0.409. The third kappa shape index (κ3) is 2.55. The van der Waals surface area contributed by atoms with Gasteiger partial charge in [-0.2, -0.15) is 8.42 Å². The first kappa shape index (κ1) is 21.8. The first-order valence-electron chi connectivity index (χ1n) is 10.4. The lowest BCUT2D eigenvalue weighted by Crippen LogP contribution is -2.58. The third-order valence-corrected chi connectivity index (χ3v) is 8.37. The number of carbonyl (C=O) groups excluding carboxylic acids is 3. The van der Waals surface area contributed by atoms with Crippen molar-refractivity contribution in [3.63, 3.8) is 0 Å². The van der Waals surface area contributed by atoms with Gasteiger partial charge in [-0.3, -0.25) is 18.9 Å². The topological polar surface area (TPSA) is 170 Å². The molecule has 0 bridgehead atoms. The molecule has 1 saturated heterocycles. The Morgan fingerprint density at radius 1 is 1.09 bits per heavy atom. The summed E-state index contributed by atoms with van der Waals surface area (Å²) in [5.41, 5.74) is -2.71. The van der Waals surface area contributed by atoms with Gasteiger partial charge in [0.25, 0.3) is 10.1 Å². The number of phenolic OH excluding ortho intramolecular Hbond substituents is 2. The Bertz CT molecular complexity index is 1380. The lowest BCUT2D eigenvalue weighted by Gasteiger charge is -2.45. The highest BCUT2D eigenvalue weighted by Gasteiger charge is 2.77. The van der Waals surface area contributed by atoms with Gasteiger partial charge in [0, 0.05) is 34.7 Å². The summed E-state index contributed by atoms with van der Waals surface area (Å²) in [7, 11) is -4.48. The fourth-order valence-electron chi connectivity index (χ4n) is 6.10. The molecule has 4 N–H and O–H groups in total. The van der Waals surface area contributed by atoms with E-state index in [1.54, 1.807) is 6.92 Å². The van der Waals surface area contributed by atoms with Crippen LogP contribution in [-0.4, -0.2) is 69.2 Å².